The highest BCUT2D eigenvalue weighted by molar-refractivity contribution is 6.31. The molecule has 0 aliphatic carbocycles. The highest BCUT2D eigenvalue weighted by Gasteiger charge is 2.31. The summed E-state index contributed by atoms with van der Waals surface area (Å²) >= 11 is 6.17. The number of halogens is 5. The topological polar surface area (TPSA) is 75.0 Å². The summed E-state index contributed by atoms with van der Waals surface area (Å²) < 4.78 is 57.6. The van der Waals surface area contributed by atoms with E-state index in [1.54, 1.807) is 46.9 Å². The van der Waals surface area contributed by atoms with Crippen LogP contribution in [0.3, 0.4) is 0 Å². The Balaban J connectivity index is 1.29. The van der Waals surface area contributed by atoms with Crippen LogP contribution in [-0.2, 0) is 11.3 Å². The smallest absolute Gasteiger partial charge is 0.406 e. The Hall–Kier alpha value is -3.90. The number of benzene rings is 2. The third kappa shape index (κ3) is 6.13. The number of ether oxygens (including phenoxy) is 1. The van der Waals surface area contributed by atoms with E-state index in [1.807, 2.05) is 4.90 Å². The molecule has 0 saturated carbocycles. The normalized spacial score (nSPS) is 15.3. The van der Waals surface area contributed by atoms with Crippen molar-refractivity contribution in [3.63, 3.8) is 0 Å². The second kappa shape index (κ2) is 11.3. The monoisotopic (exact) mass is 576 g/mol. The average Bonchev–Trinajstić information content (AvgIpc) is 3.28. The number of hydrogen-bond donors (Lipinski definition) is 1. The standard InChI is InChI=1S/C27H25ClF4N6O2/c1-17(26(39)37-13-11-36(12-14-37)16-20-21(28)3-2-4-22(20)29)34-25-24(35-23-15-33-9-10-38(23)25)18-5-7-19(8-6-18)40-27(30,31)32/h2-10,15,17,34H,11-14,16H2,1H3. The van der Waals surface area contributed by atoms with Gasteiger partial charge in [-0.15, -0.1) is 13.2 Å². The van der Waals surface area contributed by atoms with Gasteiger partial charge in [0.15, 0.2) is 5.65 Å². The molecule has 1 N–H and O–H groups in total. The summed E-state index contributed by atoms with van der Waals surface area (Å²) in [5, 5.41) is 3.61. The van der Waals surface area contributed by atoms with E-state index >= 15 is 0 Å². The van der Waals surface area contributed by atoms with E-state index < -0.39 is 12.4 Å². The molecule has 210 valence electrons. The molecule has 1 unspecified atom stereocenters. The molecule has 1 aliphatic heterocycles. The number of rotatable bonds is 7. The summed E-state index contributed by atoms with van der Waals surface area (Å²) in [6.07, 6.45) is -0.00500. The lowest BCUT2D eigenvalue weighted by Gasteiger charge is -2.36. The van der Waals surface area contributed by atoms with Crippen LogP contribution >= 0.6 is 11.6 Å². The van der Waals surface area contributed by atoms with E-state index in [2.05, 4.69) is 20.0 Å². The van der Waals surface area contributed by atoms with Gasteiger partial charge < -0.3 is 15.0 Å². The summed E-state index contributed by atoms with van der Waals surface area (Å²) in [6.45, 7) is 4.12. The van der Waals surface area contributed by atoms with Crippen LogP contribution in [0.5, 0.6) is 5.75 Å². The molecule has 1 saturated heterocycles. The number of fused-ring (bicyclic) bond motifs is 1. The SMILES string of the molecule is CC(Nc1c(-c2ccc(OC(F)(F)F)cc2)nc2cnccn12)C(=O)N1CCN(Cc2c(F)cccc2Cl)CC1. The Kier molecular flexibility index (Phi) is 7.81. The number of aromatic nitrogens is 3. The summed E-state index contributed by atoms with van der Waals surface area (Å²) in [5.41, 5.74) is 1.90. The van der Waals surface area contributed by atoms with Gasteiger partial charge in [-0.1, -0.05) is 17.7 Å². The zero-order valence-corrected chi connectivity index (χ0v) is 22.1. The molecule has 0 spiro atoms. The summed E-state index contributed by atoms with van der Waals surface area (Å²) in [4.78, 5) is 25.8. The van der Waals surface area contributed by atoms with Crippen LogP contribution in [0, 0.1) is 5.82 Å². The van der Waals surface area contributed by atoms with Crippen molar-refractivity contribution in [3.05, 3.63) is 77.5 Å². The first-order chi connectivity index (χ1) is 19.1. The van der Waals surface area contributed by atoms with E-state index in [9.17, 15) is 22.4 Å². The number of nitrogens with one attached hydrogen (secondary N) is 1. The molecule has 4 aromatic rings. The van der Waals surface area contributed by atoms with Gasteiger partial charge in [0.1, 0.15) is 29.1 Å². The van der Waals surface area contributed by atoms with Gasteiger partial charge in [-0.05, 0) is 43.3 Å². The van der Waals surface area contributed by atoms with Crippen molar-refractivity contribution in [1.29, 1.82) is 0 Å². The zero-order chi connectivity index (χ0) is 28.4. The number of carbonyl (C=O) groups is 1. The van der Waals surface area contributed by atoms with Crippen molar-refractivity contribution >= 4 is 29.0 Å². The molecular weight excluding hydrogens is 552 g/mol. The number of amides is 1. The van der Waals surface area contributed by atoms with Gasteiger partial charge in [-0.2, -0.15) is 0 Å². The lowest BCUT2D eigenvalue weighted by Crippen LogP contribution is -2.52. The summed E-state index contributed by atoms with van der Waals surface area (Å²) in [6, 6.07) is 9.30. The molecule has 0 bridgehead atoms. The van der Waals surface area contributed by atoms with Crippen molar-refractivity contribution < 1.29 is 27.1 Å². The largest absolute Gasteiger partial charge is 0.573 e. The Morgan fingerprint density at radius 3 is 2.52 bits per heavy atom. The molecule has 0 radical (unpaired) electrons. The fourth-order valence-electron chi connectivity index (χ4n) is 4.63. The van der Waals surface area contributed by atoms with E-state index in [0.29, 0.717) is 66.0 Å². The second-order valence-corrected chi connectivity index (χ2v) is 9.76. The van der Waals surface area contributed by atoms with Gasteiger partial charge in [-0.3, -0.25) is 19.1 Å². The van der Waals surface area contributed by atoms with Crippen LogP contribution in [0.25, 0.3) is 16.9 Å². The minimum absolute atomic E-state index is 0.132. The number of imidazole rings is 1. The fraction of sp³-hybridized carbons (Fsp3) is 0.296. The van der Waals surface area contributed by atoms with Crippen molar-refractivity contribution in [2.24, 2.45) is 0 Å². The predicted octanol–water partition coefficient (Wildman–Crippen LogP) is 5.23. The Bertz CT molecular complexity index is 1480. The van der Waals surface area contributed by atoms with Gasteiger partial charge in [0.2, 0.25) is 5.91 Å². The third-order valence-electron chi connectivity index (χ3n) is 6.64. The van der Waals surface area contributed by atoms with E-state index in [1.165, 1.54) is 30.3 Å². The Morgan fingerprint density at radius 2 is 1.85 bits per heavy atom. The fourth-order valence-corrected chi connectivity index (χ4v) is 4.86. The molecular formula is C27H25ClF4N6O2. The second-order valence-electron chi connectivity index (χ2n) is 9.35. The van der Waals surface area contributed by atoms with E-state index in [4.69, 9.17) is 11.6 Å². The van der Waals surface area contributed by atoms with Crippen LogP contribution in [0.15, 0.2) is 61.1 Å². The van der Waals surface area contributed by atoms with Crippen LogP contribution in [0.2, 0.25) is 5.02 Å². The first-order valence-corrected chi connectivity index (χ1v) is 12.9. The quantitative estimate of drug-likeness (QED) is 0.304. The molecule has 1 aliphatic rings. The molecule has 5 rings (SSSR count). The van der Waals surface area contributed by atoms with Crippen LogP contribution < -0.4 is 10.1 Å². The maximum Gasteiger partial charge on any atom is 0.573 e. The third-order valence-corrected chi connectivity index (χ3v) is 7.00. The molecule has 1 atom stereocenters. The molecule has 8 nitrogen and oxygen atoms in total. The molecule has 2 aromatic heterocycles. The zero-order valence-electron chi connectivity index (χ0n) is 21.3. The van der Waals surface area contributed by atoms with Crippen molar-refractivity contribution in [2.75, 3.05) is 31.5 Å². The van der Waals surface area contributed by atoms with Crippen molar-refractivity contribution in [2.45, 2.75) is 25.9 Å². The van der Waals surface area contributed by atoms with Crippen LogP contribution in [0.4, 0.5) is 23.4 Å². The number of piperazine rings is 1. The lowest BCUT2D eigenvalue weighted by atomic mass is 10.1. The molecule has 2 aromatic carbocycles. The Morgan fingerprint density at radius 1 is 1.12 bits per heavy atom. The minimum atomic E-state index is -4.80. The van der Waals surface area contributed by atoms with Crippen molar-refractivity contribution in [3.8, 4) is 17.0 Å². The van der Waals surface area contributed by atoms with Crippen molar-refractivity contribution in [1.82, 2.24) is 24.2 Å². The Labute approximate surface area is 232 Å². The molecule has 3 heterocycles. The number of anilines is 1. The minimum Gasteiger partial charge on any atom is -0.406 e. The predicted molar refractivity (Wildman–Crippen MR) is 141 cm³/mol. The highest BCUT2D eigenvalue weighted by Crippen LogP contribution is 2.32. The summed E-state index contributed by atoms with van der Waals surface area (Å²) in [7, 11) is 0. The highest BCUT2D eigenvalue weighted by atomic mass is 35.5. The maximum absolute atomic E-state index is 14.2. The molecule has 1 amide bonds. The van der Waals surface area contributed by atoms with Gasteiger partial charge in [-0.25, -0.2) is 9.37 Å². The van der Waals surface area contributed by atoms with Crippen LogP contribution in [0.1, 0.15) is 12.5 Å². The number of hydrogen-bond acceptors (Lipinski definition) is 6. The first-order valence-electron chi connectivity index (χ1n) is 12.5. The number of carbonyl (C=O) groups excluding carboxylic acids is 1. The van der Waals surface area contributed by atoms with E-state index in [-0.39, 0.29) is 17.5 Å². The summed E-state index contributed by atoms with van der Waals surface area (Å²) in [5.74, 6) is -0.343. The van der Waals surface area contributed by atoms with Crippen LogP contribution in [-0.4, -0.2) is 68.7 Å². The molecule has 40 heavy (non-hydrogen) atoms. The maximum atomic E-state index is 14.2. The average molecular weight is 577 g/mol. The van der Waals surface area contributed by atoms with Gasteiger partial charge >= 0.3 is 6.36 Å². The first kappa shape index (κ1) is 27.7. The number of alkyl halides is 3. The van der Waals surface area contributed by atoms with Gasteiger partial charge in [0.25, 0.3) is 0 Å². The molecule has 13 heteroatoms. The van der Waals surface area contributed by atoms with Gasteiger partial charge in [0.05, 0.1) is 6.20 Å². The molecule has 1 fully saturated rings. The number of nitrogens with zero attached hydrogens (tertiary/aromatic N) is 5. The van der Waals surface area contributed by atoms with E-state index in [0.717, 1.165) is 0 Å². The lowest BCUT2D eigenvalue weighted by molar-refractivity contribution is -0.274. The van der Waals surface area contributed by atoms with Gasteiger partial charge in [0, 0.05) is 61.3 Å².